The Morgan fingerprint density at radius 2 is 1.97 bits per heavy atom. The van der Waals surface area contributed by atoms with Crippen LogP contribution in [0.25, 0.3) is 22.2 Å². The standard InChI is InChI=1S/C23H24N4O3/c28-22(15-6-7-15)24-13-14-3-1-4-16(11-14)17-8-9-18-19(12-17)26-21(25-18)20-5-2-10-27(20)23(29)30/h1,3-4,8-9,11-12,15,20H,2,5-7,10,13H2,(H,24,28)(H,25,26)(H,29,30). The molecular formula is C23H24N4O3. The fourth-order valence-electron chi connectivity index (χ4n) is 4.19. The fourth-order valence-corrected chi connectivity index (χ4v) is 4.19. The predicted octanol–water partition coefficient (Wildman–Crippen LogP) is 4.07. The van der Waals surface area contributed by atoms with Crippen molar-refractivity contribution >= 4 is 23.0 Å². The summed E-state index contributed by atoms with van der Waals surface area (Å²) in [6.45, 7) is 1.08. The Balaban J connectivity index is 1.38. The van der Waals surface area contributed by atoms with Crippen LogP contribution in [0.3, 0.4) is 0 Å². The molecule has 7 nitrogen and oxygen atoms in total. The summed E-state index contributed by atoms with van der Waals surface area (Å²) < 4.78 is 0. The van der Waals surface area contributed by atoms with Crippen molar-refractivity contribution in [3.05, 3.63) is 53.9 Å². The van der Waals surface area contributed by atoms with Crippen LogP contribution in [0.5, 0.6) is 0 Å². The summed E-state index contributed by atoms with van der Waals surface area (Å²) in [5.41, 5.74) is 4.91. The molecule has 0 bridgehead atoms. The summed E-state index contributed by atoms with van der Waals surface area (Å²) in [6.07, 6.45) is 2.74. The summed E-state index contributed by atoms with van der Waals surface area (Å²) in [6, 6.07) is 14.0. The second-order valence-electron chi connectivity index (χ2n) is 8.18. The molecule has 2 aliphatic rings. The average Bonchev–Trinajstić information content (AvgIpc) is 3.33. The minimum Gasteiger partial charge on any atom is -0.465 e. The van der Waals surface area contributed by atoms with Gasteiger partial charge in [-0.3, -0.25) is 9.69 Å². The summed E-state index contributed by atoms with van der Waals surface area (Å²) >= 11 is 0. The van der Waals surface area contributed by atoms with Gasteiger partial charge < -0.3 is 15.4 Å². The van der Waals surface area contributed by atoms with E-state index in [9.17, 15) is 14.7 Å². The van der Waals surface area contributed by atoms with Gasteiger partial charge in [0.1, 0.15) is 5.82 Å². The van der Waals surface area contributed by atoms with Gasteiger partial charge in [-0.15, -0.1) is 0 Å². The molecule has 7 heteroatoms. The number of nitrogens with one attached hydrogen (secondary N) is 2. The quantitative estimate of drug-likeness (QED) is 0.597. The number of carboxylic acid groups (broad SMARTS) is 1. The van der Waals surface area contributed by atoms with Gasteiger partial charge in [-0.2, -0.15) is 0 Å². The first-order valence-corrected chi connectivity index (χ1v) is 10.4. The highest BCUT2D eigenvalue weighted by molar-refractivity contribution is 5.83. The number of aromatic amines is 1. The lowest BCUT2D eigenvalue weighted by atomic mass is 10.0. The molecule has 1 aromatic heterocycles. The van der Waals surface area contributed by atoms with E-state index in [1.54, 1.807) is 0 Å². The molecule has 0 radical (unpaired) electrons. The number of rotatable bonds is 5. The van der Waals surface area contributed by atoms with Gasteiger partial charge in [0.2, 0.25) is 5.91 Å². The van der Waals surface area contributed by atoms with E-state index in [1.807, 2.05) is 36.4 Å². The third-order valence-electron chi connectivity index (χ3n) is 5.99. The molecule has 2 amide bonds. The Morgan fingerprint density at radius 3 is 2.77 bits per heavy atom. The lowest BCUT2D eigenvalue weighted by molar-refractivity contribution is -0.122. The van der Waals surface area contributed by atoms with Gasteiger partial charge in [0.05, 0.1) is 17.1 Å². The molecule has 1 atom stereocenters. The van der Waals surface area contributed by atoms with Gasteiger partial charge in [0.25, 0.3) is 0 Å². The van der Waals surface area contributed by atoms with E-state index in [0.29, 0.717) is 18.9 Å². The van der Waals surface area contributed by atoms with Crippen LogP contribution in [-0.4, -0.2) is 38.5 Å². The minimum absolute atomic E-state index is 0.147. The number of benzene rings is 2. The Kier molecular flexibility index (Phi) is 4.65. The smallest absolute Gasteiger partial charge is 0.407 e. The number of carbonyl (C=O) groups is 2. The molecule has 1 aliphatic heterocycles. The number of carbonyl (C=O) groups excluding carboxylic acids is 1. The Labute approximate surface area is 174 Å². The van der Waals surface area contributed by atoms with Gasteiger partial charge in [-0.05, 0) is 60.6 Å². The van der Waals surface area contributed by atoms with Crippen LogP contribution in [0.15, 0.2) is 42.5 Å². The zero-order chi connectivity index (χ0) is 20.7. The van der Waals surface area contributed by atoms with E-state index in [4.69, 9.17) is 0 Å². The normalized spacial score (nSPS) is 18.7. The highest BCUT2D eigenvalue weighted by atomic mass is 16.4. The predicted molar refractivity (Wildman–Crippen MR) is 113 cm³/mol. The maximum atomic E-state index is 11.9. The highest BCUT2D eigenvalue weighted by Crippen LogP contribution is 2.32. The Morgan fingerprint density at radius 1 is 1.13 bits per heavy atom. The van der Waals surface area contributed by atoms with Crippen LogP contribution in [0, 0.1) is 5.92 Å². The van der Waals surface area contributed by atoms with Crippen molar-refractivity contribution in [1.29, 1.82) is 0 Å². The van der Waals surface area contributed by atoms with Gasteiger partial charge in [-0.1, -0.05) is 24.3 Å². The monoisotopic (exact) mass is 404 g/mol. The molecule has 1 unspecified atom stereocenters. The number of hydrogen-bond donors (Lipinski definition) is 3. The summed E-state index contributed by atoms with van der Waals surface area (Å²) in [5, 5.41) is 12.4. The lowest BCUT2D eigenvalue weighted by Gasteiger charge is -2.19. The molecule has 154 valence electrons. The molecule has 1 saturated heterocycles. The number of amides is 2. The van der Waals surface area contributed by atoms with Crippen LogP contribution in [-0.2, 0) is 11.3 Å². The number of likely N-dealkylation sites (tertiary alicyclic amines) is 1. The molecule has 2 heterocycles. The zero-order valence-electron chi connectivity index (χ0n) is 16.6. The summed E-state index contributed by atoms with van der Waals surface area (Å²) in [5.74, 6) is 1.06. The van der Waals surface area contributed by atoms with Crippen LogP contribution in [0.1, 0.15) is 43.1 Å². The Bertz CT molecular complexity index is 1120. The third-order valence-corrected chi connectivity index (χ3v) is 5.99. The van der Waals surface area contributed by atoms with Crippen molar-refractivity contribution in [1.82, 2.24) is 20.2 Å². The van der Waals surface area contributed by atoms with Gasteiger partial charge in [0.15, 0.2) is 0 Å². The van der Waals surface area contributed by atoms with Crippen LogP contribution in [0.2, 0.25) is 0 Å². The number of aromatic nitrogens is 2. The van der Waals surface area contributed by atoms with Gasteiger partial charge in [0, 0.05) is 19.0 Å². The van der Waals surface area contributed by atoms with Crippen LogP contribution >= 0.6 is 0 Å². The molecular weight excluding hydrogens is 380 g/mol. The lowest BCUT2D eigenvalue weighted by Crippen LogP contribution is -2.29. The van der Waals surface area contributed by atoms with E-state index in [1.165, 1.54) is 4.90 Å². The van der Waals surface area contributed by atoms with E-state index in [2.05, 4.69) is 21.4 Å². The van der Waals surface area contributed by atoms with E-state index in [0.717, 1.165) is 53.4 Å². The van der Waals surface area contributed by atoms with Crippen LogP contribution in [0.4, 0.5) is 4.79 Å². The molecule has 3 N–H and O–H groups in total. The maximum absolute atomic E-state index is 11.9. The van der Waals surface area contributed by atoms with E-state index >= 15 is 0 Å². The minimum atomic E-state index is -0.899. The average molecular weight is 404 g/mol. The van der Waals surface area contributed by atoms with Crippen molar-refractivity contribution in [2.75, 3.05) is 6.54 Å². The number of hydrogen-bond acceptors (Lipinski definition) is 3. The van der Waals surface area contributed by atoms with E-state index < -0.39 is 6.09 Å². The van der Waals surface area contributed by atoms with E-state index in [-0.39, 0.29) is 17.9 Å². The van der Waals surface area contributed by atoms with Gasteiger partial charge >= 0.3 is 6.09 Å². The van der Waals surface area contributed by atoms with Crippen molar-refractivity contribution in [3.8, 4) is 11.1 Å². The maximum Gasteiger partial charge on any atom is 0.407 e. The van der Waals surface area contributed by atoms with Crippen molar-refractivity contribution in [3.63, 3.8) is 0 Å². The third kappa shape index (κ3) is 3.63. The molecule has 1 aliphatic carbocycles. The summed E-state index contributed by atoms with van der Waals surface area (Å²) in [7, 11) is 0. The SMILES string of the molecule is O=C(NCc1cccc(-c2ccc3nc(C4CCCN4C(=O)O)[nH]c3c2)c1)C1CC1. The fraction of sp³-hybridized carbons (Fsp3) is 0.348. The zero-order valence-corrected chi connectivity index (χ0v) is 16.6. The first-order valence-electron chi connectivity index (χ1n) is 10.4. The topological polar surface area (TPSA) is 98.3 Å². The molecule has 0 spiro atoms. The van der Waals surface area contributed by atoms with Crippen molar-refractivity contribution in [2.24, 2.45) is 5.92 Å². The van der Waals surface area contributed by atoms with Crippen molar-refractivity contribution in [2.45, 2.75) is 38.3 Å². The number of imidazole rings is 1. The van der Waals surface area contributed by atoms with Crippen molar-refractivity contribution < 1.29 is 14.7 Å². The molecule has 1 saturated carbocycles. The second kappa shape index (κ2) is 7.48. The first kappa shape index (κ1) is 18.7. The second-order valence-corrected chi connectivity index (χ2v) is 8.18. The number of H-pyrrole nitrogens is 1. The molecule has 5 rings (SSSR count). The number of fused-ring (bicyclic) bond motifs is 1. The largest absolute Gasteiger partial charge is 0.465 e. The highest BCUT2D eigenvalue weighted by Gasteiger charge is 2.32. The Hall–Kier alpha value is -3.35. The molecule has 30 heavy (non-hydrogen) atoms. The molecule has 2 aromatic carbocycles. The molecule has 3 aromatic rings. The summed E-state index contributed by atoms with van der Waals surface area (Å²) in [4.78, 5) is 32.8. The van der Waals surface area contributed by atoms with Crippen LogP contribution < -0.4 is 5.32 Å². The molecule has 2 fully saturated rings. The van der Waals surface area contributed by atoms with Gasteiger partial charge in [-0.25, -0.2) is 9.78 Å². The first-order chi connectivity index (χ1) is 14.6. The number of nitrogens with zero attached hydrogens (tertiary/aromatic N) is 2.